The molecule has 0 aliphatic rings. The lowest BCUT2D eigenvalue weighted by Gasteiger charge is -2.19. The van der Waals surface area contributed by atoms with Crippen molar-refractivity contribution in [2.45, 2.75) is 265 Å². The van der Waals surface area contributed by atoms with E-state index in [4.69, 9.17) is 42.6 Å². The zero-order valence-electron chi connectivity index (χ0n) is 88.9. The summed E-state index contributed by atoms with van der Waals surface area (Å²) >= 11 is 7.09. The van der Waals surface area contributed by atoms with Gasteiger partial charge in [0.2, 0.25) is 11.4 Å². The number of nitrogens with zero attached hydrogens (tertiary/aromatic N) is 16. The normalized spacial score (nSPS) is 12.4. The van der Waals surface area contributed by atoms with E-state index in [1.165, 1.54) is 60.5 Å². The van der Waals surface area contributed by atoms with Gasteiger partial charge in [-0.25, -0.2) is 69.8 Å². The second-order valence-electron chi connectivity index (χ2n) is 45.2. The van der Waals surface area contributed by atoms with Gasteiger partial charge in [-0.2, -0.15) is 9.97 Å². The van der Waals surface area contributed by atoms with Gasteiger partial charge in [-0.1, -0.05) is 300 Å². The fraction of sp³-hybridized carbons (Fsp3) is 0.333. The highest BCUT2D eigenvalue weighted by Crippen LogP contribution is 2.45. The van der Waals surface area contributed by atoms with E-state index in [2.05, 4.69) is 338 Å². The summed E-state index contributed by atoms with van der Waals surface area (Å²) in [4.78, 5) is 76.3. The van der Waals surface area contributed by atoms with Crippen LogP contribution in [0.1, 0.15) is 258 Å². The fourth-order valence-corrected chi connectivity index (χ4v) is 22.0. The molecule has 0 bridgehead atoms. The Balaban J connectivity index is 0.000000113. The predicted molar refractivity (Wildman–Crippen MR) is 604 cm³/mol. The number of hydrogen-bond acceptors (Lipinski definition) is 24. The van der Waals surface area contributed by atoms with Crippen LogP contribution in [0.25, 0.3) is 169 Å². The molecule has 0 saturated heterocycles. The molecule has 24 aromatic rings. The van der Waals surface area contributed by atoms with Crippen molar-refractivity contribution in [3.05, 3.63) is 286 Å². The molecular weight excluding hydrogens is 1860 g/mol. The van der Waals surface area contributed by atoms with Crippen LogP contribution >= 0.6 is 45.3 Å². The van der Waals surface area contributed by atoms with Gasteiger partial charge in [0.25, 0.3) is 0 Å². The van der Waals surface area contributed by atoms with Crippen molar-refractivity contribution in [1.82, 2.24) is 79.7 Å². The fourth-order valence-electron chi connectivity index (χ4n) is 17.4. The van der Waals surface area contributed by atoms with Gasteiger partial charge in [0.05, 0.1) is 76.8 Å². The van der Waals surface area contributed by atoms with Crippen molar-refractivity contribution in [2.24, 2.45) is 0 Å². The molecule has 0 unspecified atom stereocenters. The van der Waals surface area contributed by atoms with Gasteiger partial charge in [0, 0.05) is 116 Å². The molecule has 0 aliphatic carbocycles. The van der Waals surface area contributed by atoms with Crippen molar-refractivity contribution >= 4 is 215 Å². The van der Waals surface area contributed by atoms with Crippen molar-refractivity contribution < 1.29 is 17.7 Å². The van der Waals surface area contributed by atoms with Crippen molar-refractivity contribution in [3.63, 3.8) is 0 Å². The molecule has 16 heterocycles. The molecule has 0 saturated carbocycles. The number of aryl methyl sites for hydroxylation is 8. The number of furan rings is 4. The highest BCUT2D eigenvalue weighted by atomic mass is 32.1. The maximum atomic E-state index is 5.94. The first-order valence-corrected chi connectivity index (χ1v) is 52.3. The van der Waals surface area contributed by atoms with Gasteiger partial charge in [0.15, 0.2) is 11.2 Å². The predicted octanol–water partition coefficient (Wildman–Crippen LogP) is 33.7. The summed E-state index contributed by atoms with van der Waals surface area (Å²) in [5.74, 6) is 6.81. The molecule has 8 aromatic carbocycles. The van der Waals surface area contributed by atoms with Gasteiger partial charge in [-0.3, -0.25) is 0 Å². The zero-order chi connectivity index (χ0) is 103. The Bertz CT molecular complexity index is 8440. The topological polar surface area (TPSA) is 259 Å². The summed E-state index contributed by atoms with van der Waals surface area (Å²) in [5.41, 5.74) is 18.8. The third kappa shape index (κ3) is 21.1. The number of rotatable bonds is 0. The van der Waals surface area contributed by atoms with Crippen LogP contribution in [0.5, 0.6) is 0 Å². The van der Waals surface area contributed by atoms with E-state index in [-0.39, 0.29) is 43.3 Å². The summed E-state index contributed by atoms with van der Waals surface area (Å²) in [6, 6.07) is 65.8. The Hall–Kier alpha value is -13.5. The number of hydrogen-bond donors (Lipinski definition) is 0. The summed E-state index contributed by atoms with van der Waals surface area (Å²) in [6.45, 7) is 67.7. The number of thiophene rings is 4. The monoisotopic (exact) mass is 1980 g/mol. The second kappa shape index (κ2) is 38.9. The van der Waals surface area contributed by atoms with E-state index in [0.717, 1.165) is 190 Å². The Morgan fingerprint density at radius 2 is 0.500 bits per heavy atom. The van der Waals surface area contributed by atoms with Gasteiger partial charge in [0.1, 0.15) is 89.6 Å². The van der Waals surface area contributed by atoms with E-state index in [1.807, 2.05) is 133 Å². The molecule has 0 fully saturated rings. The maximum Gasteiger partial charge on any atom is 0.230 e. The Morgan fingerprint density at radius 1 is 0.194 bits per heavy atom. The summed E-state index contributed by atoms with van der Waals surface area (Å²) in [5, 5.41) is 13.9. The quantitative estimate of drug-likeness (QED) is 0.137. The second-order valence-corrected chi connectivity index (χ2v) is 49.4. The number of benzene rings is 8. The standard InChI is InChI=1S/4C15H16N2O.4C15H16N2S/c1-9-16-12-10-7-5-6-8-11(10)18-13(12)14(17-9)15(2,3)4;1-9-16-13(15(2,3)4)12-10-7-5-6-8-11(10)18-14(12)17-9;1-9-13-12(17-14(16-9)15(2,3)4)10-7-5-6-8-11(10)18-13;1-9-12-10-7-5-6-8-11(10)18-13(12)17-14(16-9)15(2,3)4;1-9-16-12-10-7-5-6-8-11(10)18-13(12)14(17-9)15(2,3)4;1-9-16-13(15(2,3)4)12-10-7-5-6-8-11(10)18-14(12)17-9;1-9-13-12(17-14(16-9)15(2,3)4)10-7-5-6-8-11(10)18-13;1-9-12-10-7-5-6-8-11(10)18-13(12)17-14(16-9)15(2,3)4/h8*5-8H,1-4H3. The highest BCUT2D eigenvalue weighted by Gasteiger charge is 2.31. The first-order chi connectivity index (χ1) is 67.7. The lowest BCUT2D eigenvalue weighted by Crippen LogP contribution is -2.16. The van der Waals surface area contributed by atoms with Crippen LogP contribution in [0.2, 0.25) is 0 Å². The molecule has 0 aliphatic heterocycles. The van der Waals surface area contributed by atoms with Crippen LogP contribution < -0.4 is 0 Å². The summed E-state index contributed by atoms with van der Waals surface area (Å²) < 4.78 is 31.0. The summed E-state index contributed by atoms with van der Waals surface area (Å²) in [7, 11) is 0. The van der Waals surface area contributed by atoms with E-state index >= 15 is 0 Å². The Morgan fingerprint density at radius 3 is 0.979 bits per heavy atom. The number of para-hydroxylation sites is 4. The molecule has 0 atom stereocenters. The molecule has 0 radical (unpaired) electrons. The average molecular weight is 1990 g/mol. The lowest BCUT2D eigenvalue weighted by molar-refractivity contribution is 0.537. The number of aromatic nitrogens is 16. The van der Waals surface area contributed by atoms with Crippen LogP contribution in [0.4, 0.5) is 0 Å². The number of fused-ring (bicyclic) bond motifs is 24. The van der Waals surface area contributed by atoms with Gasteiger partial charge < -0.3 is 17.7 Å². The third-order valence-corrected chi connectivity index (χ3v) is 29.1. The molecule has 0 amide bonds. The molecular formula is C120H128N16O4S4. The van der Waals surface area contributed by atoms with Crippen molar-refractivity contribution in [1.29, 1.82) is 0 Å². The lowest BCUT2D eigenvalue weighted by atomic mass is 9.89. The van der Waals surface area contributed by atoms with Crippen LogP contribution in [0.15, 0.2) is 212 Å². The minimum Gasteiger partial charge on any atom is -0.452 e. The van der Waals surface area contributed by atoms with Crippen molar-refractivity contribution in [2.75, 3.05) is 0 Å². The first kappa shape index (κ1) is 102. The third-order valence-electron chi connectivity index (χ3n) is 24.5. The van der Waals surface area contributed by atoms with E-state index < -0.39 is 0 Å². The largest absolute Gasteiger partial charge is 0.452 e. The molecule has 20 nitrogen and oxygen atoms in total. The molecule has 0 spiro atoms. The average Bonchev–Trinajstić information content (AvgIpc) is 1.61. The van der Waals surface area contributed by atoms with Crippen molar-refractivity contribution in [3.8, 4) is 0 Å². The minimum absolute atomic E-state index is 0.00484. The highest BCUT2D eigenvalue weighted by molar-refractivity contribution is 7.27. The molecule has 24 rings (SSSR count). The Labute approximate surface area is 857 Å². The minimum atomic E-state index is -0.0715. The molecule has 16 aromatic heterocycles. The van der Waals surface area contributed by atoms with Gasteiger partial charge in [-0.05, 0) is 116 Å². The SMILES string of the molecule is Cc1nc(C(C)(C)C)c2c(n1)oc1ccccc12.Cc1nc(C(C)(C)C)c2c(n1)sc1ccccc12.Cc1nc(C(C)(C)C)c2oc3ccccc3c2n1.Cc1nc(C(C)(C)C)c2sc3ccccc3c2n1.Cc1nc(C(C)(C)C)nc2c1oc1ccccc12.Cc1nc(C(C)(C)C)nc2c1sc1ccccc12.Cc1nc(C(C)(C)C)nc2oc3ccccc3c12.Cc1nc(C(C)(C)C)nc2sc3ccccc3c12. The van der Waals surface area contributed by atoms with Crippen LogP contribution in [-0.2, 0) is 43.3 Å². The summed E-state index contributed by atoms with van der Waals surface area (Å²) in [6.07, 6.45) is 0. The van der Waals surface area contributed by atoms with E-state index in [1.54, 1.807) is 45.3 Å². The molecule has 736 valence electrons. The smallest absolute Gasteiger partial charge is 0.230 e. The molecule has 0 N–H and O–H groups in total. The van der Waals surface area contributed by atoms with E-state index in [9.17, 15) is 0 Å². The molecule has 144 heavy (non-hydrogen) atoms. The van der Waals surface area contributed by atoms with Crippen LogP contribution in [-0.4, -0.2) is 79.7 Å². The van der Waals surface area contributed by atoms with E-state index in [0.29, 0.717) is 11.4 Å². The molecule has 24 heteroatoms. The van der Waals surface area contributed by atoms with Crippen LogP contribution in [0, 0.1) is 55.4 Å². The van der Waals surface area contributed by atoms with Gasteiger partial charge in [-0.15, -0.1) is 45.3 Å². The van der Waals surface area contributed by atoms with Gasteiger partial charge >= 0.3 is 0 Å². The van der Waals surface area contributed by atoms with Crippen LogP contribution in [0.3, 0.4) is 0 Å². The maximum absolute atomic E-state index is 5.94. The first-order valence-electron chi connectivity index (χ1n) is 49.0. The zero-order valence-corrected chi connectivity index (χ0v) is 92.2. The Kier molecular flexibility index (Phi) is 27.5.